The Balaban J connectivity index is 1.90. The zero-order chi connectivity index (χ0) is 21.4. The van der Waals surface area contributed by atoms with E-state index in [0.29, 0.717) is 36.4 Å². The number of carbonyl (C=O) groups is 2. The molecule has 29 heavy (non-hydrogen) atoms. The summed E-state index contributed by atoms with van der Waals surface area (Å²) in [5.74, 6) is 0.151. The first-order chi connectivity index (χ1) is 13.9. The molecule has 2 aromatic rings. The molecule has 0 fully saturated rings. The summed E-state index contributed by atoms with van der Waals surface area (Å²) < 4.78 is 12.1. The van der Waals surface area contributed by atoms with E-state index in [0.717, 1.165) is 17.0 Å². The molecule has 1 aromatic carbocycles. The van der Waals surface area contributed by atoms with Crippen LogP contribution in [-0.2, 0) is 17.8 Å². The molecule has 0 aliphatic carbocycles. The van der Waals surface area contributed by atoms with Crippen LogP contribution in [0.4, 0.5) is 0 Å². The Morgan fingerprint density at radius 2 is 1.90 bits per heavy atom. The van der Waals surface area contributed by atoms with E-state index in [1.54, 1.807) is 16.8 Å². The van der Waals surface area contributed by atoms with Gasteiger partial charge in [-0.05, 0) is 44.0 Å². The fourth-order valence-corrected chi connectivity index (χ4v) is 2.95. The summed E-state index contributed by atoms with van der Waals surface area (Å²) in [5.41, 5.74) is 7.89. The van der Waals surface area contributed by atoms with E-state index in [2.05, 4.69) is 22.0 Å². The number of rotatable bonds is 8. The van der Waals surface area contributed by atoms with Gasteiger partial charge in [0.25, 0.3) is 5.91 Å². The van der Waals surface area contributed by atoms with Crippen LogP contribution in [0.1, 0.15) is 40.2 Å². The summed E-state index contributed by atoms with van der Waals surface area (Å²) >= 11 is 0. The molecule has 0 saturated carbocycles. The molecule has 2 rings (SSSR count). The van der Waals surface area contributed by atoms with Gasteiger partial charge in [0, 0.05) is 17.7 Å². The second-order valence-corrected chi connectivity index (χ2v) is 6.35. The molecule has 154 valence electrons. The van der Waals surface area contributed by atoms with Gasteiger partial charge in [-0.1, -0.05) is 0 Å². The van der Waals surface area contributed by atoms with Gasteiger partial charge in [0.2, 0.25) is 5.91 Å². The van der Waals surface area contributed by atoms with E-state index in [9.17, 15) is 9.59 Å². The lowest BCUT2D eigenvalue weighted by atomic mass is 10.1. The lowest BCUT2D eigenvalue weighted by Gasteiger charge is -2.11. The van der Waals surface area contributed by atoms with E-state index < -0.39 is 5.91 Å². The third-order valence-corrected chi connectivity index (χ3v) is 4.53. The van der Waals surface area contributed by atoms with Crippen LogP contribution in [0.5, 0.6) is 11.5 Å². The van der Waals surface area contributed by atoms with Gasteiger partial charge in [0.15, 0.2) is 11.5 Å². The smallest absolute Gasteiger partial charge is 0.269 e. The molecule has 0 saturated heterocycles. The van der Waals surface area contributed by atoms with Crippen LogP contribution in [-0.4, -0.2) is 35.8 Å². The van der Waals surface area contributed by atoms with Crippen molar-refractivity contribution in [3.05, 3.63) is 40.7 Å². The minimum absolute atomic E-state index is 0.192. The number of nitrogens with zero attached hydrogens (tertiary/aromatic N) is 3. The highest BCUT2D eigenvalue weighted by atomic mass is 16.5. The van der Waals surface area contributed by atoms with Crippen molar-refractivity contribution in [2.45, 2.75) is 39.7 Å². The molecule has 0 aliphatic heterocycles. The van der Waals surface area contributed by atoms with E-state index in [-0.39, 0.29) is 12.3 Å². The van der Waals surface area contributed by atoms with Crippen LogP contribution in [0.15, 0.2) is 18.2 Å². The Morgan fingerprint density at radius 3 is 2.55 bits per heavy atom. The first kappa shape index (κ1) is 21.8. The first-order valence-corrected chi connectivity index (χ1v) is 9.12. The van der Waals surface area contributed by atoms with Crippen LogP contribution < -0.4 is 20.3 Å². The van der Waals surface area contributed by atoms with Crippen LogP contribution in [0.3, 0.4) is 0 Å². The third kappa shape index (κ3) is 5.48. The molecule has 2 N–H and O–H groups in total. The molecule has 0 atom stereocenters. The second kappa shape index (κ2) is 10.1. The molecule has 0 unspecified atom stereocenters. The van der Waals surface area contributed by atoms with Gasteiger partial charge in [-0.2, -0.15) is 10.4 Å². The summed E-state index contributed by atoms with van der Waals surface area (Å²) in [6.45, 7) is 4.32. The van der Waals surface area contributed by atoms with Crippen LogP contribution in [0, 0.1) is 25.2 Å². The fourth-order valence-electron chi connectivity index (χ4n) is 2.95. The summed E-state index contributed by atoms with van der Waals surface area (Å²) in [6.07, 6.45) is 1.06. The summed E-state index contributed by atoms with van der Waals surface area (Å²) in [4.78, 5) is 24.4. The molecule has 0 spiro atoms. The molecule has 0 bridgehead atoms. The molecule has 1 aromatic heterocycles. The van der Waals surface area contributed by atoms with E-state index in [1.165, 1.54) is 20.3 Å². The standard InChI is InChI=1S/C20H25N5O4/c1-13-16(14(2)25(24-13)11-5-10-21)7-9-19(26)22-23-20(27)15-6-8-17(28-3)18(12-15)29-4/h6,8,12H,5,7,9,11H2,1-4H3,(H,22,26)(H,23,27). The Bertz CT molecular complexity index is 930. The number of methoxy groups -OCH3 is 2. The van der Waals surface area contributed by atoms with E-state index in [4.69, 9.17) is 14.7 Å². The average Bonchev–Trinajstić information content (AvgIpc) is 3.00. The normalized spacial score (nSPS) is 10.2. The highest BCUT2D eigenvalue weighted by Crippen LogP contribution is 2.27. The molecule has 2 amide bonds. The third-order valence-electron chi connectivity index (χ3n) is 4.53. The van der Waals surface area contributed by atoms with Gasteiger partial charge in [0.1, 0.15) is 0 Å². The fraction of sp³-hybridized carbons (Fsp3) is 0.400. The lowest BCUT2D eigenvalue weighted by molar-refractivity contribution is -0.121. The van der Waals surface area contributed by atoms with Gasteiger partial charge in [0.05, 0.1) is 38.9 Å². The van der Waals surface area contributed by atoms with Crippen molar-refractivity contribution in [1.29, 1.82) is 5.26 Å². The summed E-state index contributed by atoms with van der Waals surface area (Å²) in [7, 11) is 2.99. The topological polar surface area (TPSA) is 118 Å². The van der Waals surface area contributed by atoms with E-state index >= 15 is 0 Å². The molecule has 9 heteroatoms. The number of amides is 2. The number of carbonyl (C=O) groups excluding carboxylic acids is 2. The number of nitrogens with one attached hydrogen (secondary N) is 2. The predicted octanol–water partition coefficient (Wildman–Crippen LogP) is 1.82. The number of ether oxygens (including phenoxy) is 2. The number of aromatic nitrogens is 2. The molecule has 0 radical (unpaired) electrons. The van der Waals surface area contributed by atoms with E-state index in [1.807, 2.05) is 13.8 Å². The zero-order valence-corrected chi connectivity index (χ0v) is 17.0. The number of hydrogen-bond acceptors (Lipinski definition) is 6. The molecule has 9 nitrogen and oxygen atoms in total. The van der Waals surface area contributed by atoms with Crippen molar-refractivity contribution in [3.63, 3.8) is 0 Å². The minimum Gasteiger partial charge on any atom is -0.493 e. The maximum absolute atomic E-state index is 12.2. The average molecular weight is 399 g/mol. The Labute approximate surface area is 169 Å². The van der Waals surface area contributed by atoms with Crippen molar-refractivity contribution in [1.82, 2.24) is 20.6 Å². The number of nitriles is 1. The van der Waals surface area contributed by atoms with Gasteiger partial charge < -0.3 is 9.47 Å². The molecule has 0 aliphatic rings. The van der Waals surface area contributed by atoms with Crippen molar-refractivity contribution in [3.8, 4) is 17.6 Å². The van der Waals surface area contributed by atoms with Crippen LogP contribution >= 0.6 is 0 Å². The van der Waals surface area contributed by atoms with Gasteiger partial charge in [-0.25, -0.2) is 0 Å². The minimum atomic E-state index is -0.462. The maximum Gasteiger partial charge on any atom is 0.269 e. The second-order valence-electron chi connectivity index (χ2n) is 6.35. The van der Waals surface area contributed by atoms with Crippen molar-refractivity contribution in [2.24, 2.45) is 0 Å². The monoisotopic (exact) mass is 399 g/mol. The highest BCUT2D eigenvalue weighted by molar-refractivity contribution is 5.96. The molecular formula is C20H25N5O4. The molecule has 1 heterocycles. The summed E-state index contributed by atoms with van der Waals surface area (Å²) in [5, 5.41) is 13.1. The highest BCUT2D eigenvalue weighted by Gasteiger charge is 2.14. The van der Waals surface area contributed by atoms with Crippen molar-refractivity contribution < 1.29 is 19.1 Å². The number of benzene rings is 1. The van der Waals surface area contributed by atoms with Crippen LogP contribution in [0.25, 0.3) is 0 Å². The first-order valence-electron chi connectivity index (χ1n) is 9.12. The number of hydrazine groups is 1. The summed E-state index contributed by atoms with van der Waals surface area (Å²) in [6, 6.07) is 6.82. The maximum atomic E-state index is 12.2. The van der Waals surface area contributed by atoms with Crippen molar-refractivity contribution in [2.75, 3.05) is 14.2 Å². The van der Waals surface area contributed by atoms with Gasteiger partial charge in [-0.3, -0.25) is 25.1 Å². The predicted molar refractivity (Wildman–Crippen MR) is 105 cm³/mol. The number of hydrogen-bond donors (Lipinski definition) is 2. The van der Waals surface area contributed by atoms with Gasteiger partial charge >= 0.3 is 0 Å². The molecular weight excluding hydrogens is 374 g/mol. The largest absolute Gasteiger partial charge is 0.493 e. The Hall–Kier alpha value is -3.54. The lowest BCUT2D eigenvalue weighted by Crippen LogP contribution is -2.41. The Kier molecular flexibility index (Phi) is 7.60. The SMILES string of the molecule is COc1ccc(C(=O)NNC(=O)CCc2c(C)nn(CCC#N)c2C)cc1OC. The number of aryl methyl sites for hydroxylation is 2. The van der Waals surface area contributed by atoms with Crippen molar-refractivity contribution >= 4 is 11.8 Å². The quantitative estimate of drug-likeness (QED) is 0.654. The Morgan fingerprint density at radius 1 is 1.17 bits per heavy atom. The van der Waals surface area contributed by atoms with Crippen LogP contribution in [0.2, 0.25) is 0 Å². The zero-order valence-electron chi connectivity index (χ0n) is 17.0. The van der Waals surface area contributed by atoms with Gasteiger partial charge in [-0.15, -0.1) is 0 Å².